The van der Waals surface area contributed by atoms with Gasteiger partial charge in [0.25, 0.3) is 11.8 Å². The molecule has 3 N–H and O–H groups in total. The topological polar surface area (TPSA) is 108 Å². The highest BCUT2D eigenvalue weighted by Crippen LogP contribution is 2.31. The van der Waals surface area contributed by atoms with E-state index in [4.69, 9.17) is 0 Å². The fraction of sp³-hybridized carbons (Fsp3) is 0.273. The lowest BCUT2D eigenvalue weighted by atomic mass is 9.91. The fourth-order valence-electron chi connectivity index (χ4n) is 3.48. The van der Waals surface area contributed by atoms with Crippen LogP contribution in [0.15, 0.2) is 42.5 Å². The van der Waals surface area contributed by atoms with Crippen LogP contribution in [0.3, 0.4) is 0 Å². The molecular weight excluding hydrogens is 422 g/mol. The summed E-state index contributed by atoms with van der Waals surface area (Å²) in [5.74, 6) is -3.48. The lowest BCUT2D eigenvalue weighted by Crippen LogP contribution is -2.42. The summed E-state index contributed by atoms with van der Waals surface area (Å²) in [6, 6.07) is 8.09. The SMILES string of the molecule is CC1(c2cc(F)ccc2F)NC(=O)N(CC(=O)Nc2cccc(C(=O)NC3CC3)c2)C1=O. The Morgan fingerprint density at radius 2 is 1.91 bits per heavy atom. The summed E-state index contributed by atoms with van der Waals surface area (Å²) in [6.07, 6.45) is 1.87. The molecule has 10 heteroatoms. The third-order valence-electron chi connectivity index (χ3n) is 5.36. The van der Waals surface area contributed by atoms with E-state index in [2.05, 4.69) is 16.0 Å². The summed E-state index contributed by atoms with van der Waals surface area (Å²) in [6.45, 7) is 0.598. The summed E-state index contributed by atoms with van der Waals surface area (Å²) in [4.78, 5) is 50.5. The van der Waals surface area contributed by atoms with E-state index < -0.39 is 41.6 Å². The molecule has 1 unspecified atom stereocenters. The Hall–Kier alpha value is -3.82. The first-order chi connectivity index (χ1) is 15.2. The highest BCUT2D eigenvalue weighted by atomic mass is 19.1. The maximum absolute atomic E-state index is 14.2. The van der Waals surface area contributed by atoms with E-state index >= 15 is 0 Å². The summed E-state index contributed by atoms with van der Waals surface area (Å²) < 4.78 is 27.8. The number of rotatable bonds is 6. The number of hydrogen-bond acceptors (Lipinski definition) is 4. The van der Waals surface area contributed by atoms with Crippen LogP contribution >= 0.6 is 0 Å². The average molecular weight is 442 g/mol. The largest absolute Gasteiger partial charge is 0.349 e. The van der Waals surface area contributed by atoms with Gasteiger partial charge in [-0.2, -0.15) is 0 Å². The molecule has 1 saturated carbocycles. The van der Waals surface area contributed by atoms with Gasteiger partial charge in [-0.05, 0) is 56.2 Å². The third-order valence-corrected chi connectivity index (χ3v) is 5.36. The van der Waals surface area contributed by atoms with Crippen molar-refractivity contribution in [1.29, 1.82) is 0 Å². The van der Waals surface area contributed by atoms with Gasteiger partial charge in [-0.25, -0.2) is 13.6 Å². The number of imide groups is 1. The number of urea groups is 1. The van der Waals surface area contributed by atoms with E-state index in [1.807, 2.05) is 0 Å². The molecule has 8 nitrogen and oxygen atoms in total. The van der Waals surface area contributed by atoms with E-state index in [0.29, 0.717) is 16.2 Å². The zero-order valence-corrected chi connectivity index (χ0v) is 17.1. The summed E-state index contributed by atoms with van der Waals surface area (Å²) in [5.41, 5.74) is -1.53. The molecule has 1 saturated heterocycles. The second-order valence-corrected chi connectivity index (χ2v) is 7.95. The van der Waals surface area contributed by atoms with Crippen molar-refractivity contribution in [3.05, 3.63) is 65.2 Å². The van der Waals surface area contributed by atoms with Gasteiger partial charge >= 0.3 is 6.03 Å². The molecule has 0 spiro atoms. The van der Waals surface area contributed by atoms with Crippen LogP contribution in [-0.4, -0.2) is 41.2 Å². The van der Waals surface area contributed by atoms with E-state index in [1.54, 1.807) is 18.2 Å². The van der Waals surface area contributed by atoms with Crippen molar-refractivity contribution in [2.45, 2.75) is 31.3 Å². The standard InChI is InChI=1S/C22H20F2N4O4/c1-22(16-10-13(23)5-8-17(16)24)20(31)28(21(32)27-22)11-18(29)25-15-4-2-3-12(9-15)19(30)26-14-6-7-14/h2-5,8-10,14H,6-7,11H2,1H3,(H,25,29)(H,26,30)(H,27,32). The predicted molar refractivity (Wildman–Crippen MR) is 110 cm³/mol. The van der Waals surface area contributed by atoms with Gasteiger partial charge in [0.05, 0.1) is 0 Å². The van der Waals surface area contributed by atoms with Crippen molar-refractivity contribution in [3.8, 4) is 0 Å². The molecule has 32 heavy (non-hydrogen) atoms. The number of carbonyl (C=O) groups is 4. The number of nitrogens with zero attached hydrogens (tertiary/aromatic N) is 1. The van der Waals surface area contributed by atoms with E-state index in [-0.39, 0.29) is 17.5 Å². The molecular formula is C22H20F2N4O4. The van der Waals surface area contributed by atoms with E-state index in [1.165, 1.54) is 13.0 Å². The molecule has 2 fully saturated rings. The minimum absolute atomic E-state index is 0.178. The lowest BCUT2D eigenvalue weighted by molar-refractivity contribution is -0.133. The van der Waals surface area contributed by atoms with E-state index in [9.17, 15) is 28.0 Å². The molecule has 5 amide bonds. The minimum Gasteiger partial charge on any atom is -0.349 e. The van der Waals surface area contributed by atoms with Crippen LogP contribution in [0.4, 0.5) is 19.3 Å². The minimum atomic E-state index is -1.86. The van der Waals surface area contributed by atoms with Gasteiger partial charge in [-0.1, -0.05) is 6.07 Å². The molecule has 0 aromatic heterocycles. The van der Waals surface area contributed by atoms with Crippen LogP contribution in [0.5, 0.6) is 0 Å². The van der Waals surface area contributed by atoms with Gasteiger partial charge in [-0.15, -0.1) is 0 Å². The molecule has 166 valence electrons. The van der Waals surface area contributed by atoms with Gasteiger partial charge in [0.1, 0.15) is 23.7 Å². The normalized spacial score (nSPS) is 20.2. The Kier molecular flexibility index (Phi) is 5.37. The Morgan fingerprint density at radius 3 is 2.62 bits per heavy atom. The molecule has 1 atom stereocenters. The van der Waals surface area contributed by atoms with Crippen molar-refractivity contribution in [3.63, 3.8) is 0 Å². The molecule has 1 aliphatic heterocycles. The van der Waals surface area contributed by atoms with Crippen molar-refractivity contribution < 1.29 is 28.0 Å². The maximum Gasteiger partial charge on any atom is 0.325 e. The van der Waals surface area contributed by atoms with Crippen molar-refractivity contribution in [2.24, 2.45) is 0 Å². The first-order valence-corrected chi connectivity index (χ1v) is 9.98. The molecule has 2 aromatic carbocycles. The second kappa shape index (κ2) is 8.03. The second-order valence-electron chi connectivity index (χ2n) is 7.95. The monoisotopic (exact) mass is 442 g/mol. The Bertz CT molecular complexity index is 1130. The van der Waals surface area contributed by atoms with Crippen LogP contribution in [0, 0.1) is 11.6 Å². The van der Waals surface area contributed by atoms with Crippen LogP contribution in [0.1, 0.15) is 35.7 Å². The maximum atomic E-state index is 14.2. The number of nitrogens with one attached hydrogen (secondary N) is 3. The number of amides is 5. The van der Waals surface area contributed by atoms with Crippen molar-refractivity contribution in [1.82, 2.24) is 15.5 Å². The highest BCUT2D eigenvalue weighted by Gasteiger charge is 2.50. The first-order valence-electron chi connectivity index (χ1n) is 9.98. The molecule has 1 aliphatic carbocycles. The summed E-state index contributed by atoms with van der Waals surface area (Å²) >= 11 is 0. The van der Waals surface area contributed by atoms with Crippen LogP contribution in [-0.2, 0) is 15.1 Å². The fourth-order valence-corrected chi connectivity index (χ4v) is 3.48. The Labute approximate surface area is 182 Å². The van der Waals surface area contributed by atoms with Crippen LogP contribution in [0.25, 0.3) is 0 Å². The molecule has 4 rings (SSSR count). The number of carbonyl (C=O) groups excluding carboxylic acids is 4. The van der Waals surface area contributed by atoms with Gasteiger partial charge in [0, 0.05) is 22.9 Å². The van der Waals surface area contributed by atoms with Crippen LogP contribution < -0.4 is 16.0 Å². The Balaban J connectivity index is 1.45. The molecule has 1 heterocycles. The number of halogens is 2. The highest BCUT2D eigenvalue weighted by molar-refractivity contribution is 6.10. The zero-order valence-electron chi connectivity index (χ0n) is 17.1. The average Bonchev–Trinajstić information content (AvgIpc) is 3.53. The molecule has 0 bridgehead atoms. The van der Waals surface area contributed by atoms with Crippen LogP contribution in [0.2, 0.25) is 0 Å². The third kappa shape index (κ3) is 4.16. The van der Waals surface area contributed by atoms with Crippen molar-refractivity contribution in [2.75, 3.05) is 11.9 Å². The molecule has 0 radical (unpaired) electrons. The number of benzene rings is 2. The summed E-state index contributed by atoms with van der Waals surface area (Å²) in [7, 11) is 0. The molecule has 2 aromatic rings. The first kappa shape index (κ1) is 21.4. The van der Waals surface area contributed by atoms with Gasteiger partial charge in [-0.3, -0.25) is 19.3 Å². The summed E-state index contributed by atoms with van der Waals surface area (Å²) in [5, 5.41) is 7.70. The lowest BCUT2D eigenvalue weighted by Gasteiger charge is -2.22. The van der Waals surface area contributed by atoms with Gasteiger partial charge in [0.15, 0.2) is 0 Å². The number of hydrogen-bond donors (Lipinski definition) is 3. The van der Waals surface area contributed by atoms with Crippen molar-refractivity contribution >= 4 is 29.4 Å². The number of anilines is 1. The smallest absolute Gasteiger partial charge is 0.325 e. The predicted octanol–water partition coefficient (Wildman–Crippen LogP) is 2.26. The Morgan fingerprint density at radius 1 is 1.16 bits per heavy atom. The van der Waals surface area contributed by atoms with Gasteiger partial charge in [0.2, 0.25) is 5.91 Å². The van der Waals surface area contributed by atoms with Gasteiger partial charge < -0.3 is 16.0 Å². The molecule has 2 aliphatic rings. The van der Waals surface area contributed by atoms with E-state index in [0.717, 1.165) is 31.0 Å². The zero-order chi connectivity index (χ0) is 23.0. The quantitative estimate of drug-likeness (QED) is 0.597.